The minimum absolute atomic E-state index is 0.102. The van der Waals surface area contributed by atoms with Crippen LogP contribution >= 0.6 is 0 Å². The van der Waals surface area contributed by atoms with Crippen LogP contribution in [0.2, 0.25) is 0 Å². The zero-order valence-corrected chi connectivity index (χ0v) is 16.0. The van der Waals surface area contributed by atoms with Crippen LogP contribution in [0.3, 0.4) is 0 Å². The number of nitrogens with zero attached hydrogens (tertiary/aromatic N) is 5. The molecule has 0 bridgehead atoms. The smallest absolute Gasteiger partial charge is 0.361 e. The van der Waals surface area contributed by atoms with Crippen LogP contribution in [0.5, 0.6) is 0 Å². The number of ether oxygens (including phenoxy) is 1. The van der Waals surface area contributed by atoms with Crippen LogP contribution in [0, 0.1) is 0 Å². The van der Waals surface area contributed by atoms with Gasteiger partial charge < -0.3 is 23.5 Å². The topological polar surface area (TPSA) is 97.7 Å². The standard InChI is InChI=1S/C19H23N5O4/c1-3-26-19(25)16-15-17(20-12-21-18(15)28-22-16)24(11-14-5-4-10-27-14)13-6-8-23(2)9-7-13/h4-5,10,12-13H,3,6-9,11H2,1-2H3. The molecule has 3 aromatic rings. The van der Waals surface area contributed by atoms with Gasteiger partial charge in [-0.1, -0.05) is 5.16 Å². The number of piperidine rings is 1. The molecule has 4 rings (SSSR count). The Labute approximate surface area is 162 Å². The highest BCUT2D eigenvalue weighted by Gasteiger charge is 2.30. The Morgan fingerprint density at radius 1 is 1.36 bits per heavy atom. The maximum absolute atomic E-state index is 12.4. The van der Waals surface area contributed by atoms with Crippen molar-refractivity contribution in [2.75, 3.05) is 31.6 Å². The number of anilines is 1. The second kappa shape index (κ2) is 7.97. The average Bonchev–Trinajstić information content (AvgIpc) is 3.37. The number of esters is 1. The lowest BCUT2D eigenvalue weighted by Gasteiger charge is -2.37. The molecule has 0 atom stereocenters. The molecule has 0 spiro atoms. The molecular weight excluding hydrogens is 362 g/mol. The number of rotatable bonds is 6. The van der Waals surface area contributed by atoms with Crippen molar-refractivity contribution in [3.05, 3.63) is 36.2 Å². The van der Waals surface area contributed by atoms with Crippen molar-refractivity contribution < 1.29 is 18.5 Å². The number of aromatic nitrogens is 3. The lowest BCUT2D eigenvalue weighted by Crippen LogP contribution is -2.44. The quantitative estimate of drug-likeness (QED) is 0.593. The van der Waals surface area contributed by atoms with E-state index in [1.165, 1.54) is 6.33 Å². The van der Waals surface area contributed by atoms with Gasteiger partial charge in [-0.15, -0.1) is 0 Å². The second-order valence-electron chi connectivity index (χ2n) is 6.87. The zero-order chi connectivity index (χ0) is 19.5. The van der Waals surface area contributed by atoms with Gasteiger partial charge in [0.25, 0.3) is 5.71 Å². The number of carbonyl (C=O) groups is 1. The summed E-state index contributed by atoms with van der Waals surface area (Å²) in [6.45, 7) is 4.51. The molecule has 0 unspecified atom stereocenters. The van der Waals surface area contributed by atoms with Crippen molar-refractivity contribution in [1.82, 2.24) is 20.0 Å². The molecular formula is C19H23N5O4. The highest BCUT2D eigenvalue weighted by Crippen LogP contribution is 2.32. The van der Waals surface area contributed by atoms with Crippen LogP contribution in [-0.2, 0) is 11.3 Å². The predicted octanol–water partition coefficient (Wildman–Crippen LogP) is 2.49. The summed E-state index contributed by atoms with van der Waals surface area (Å²) in [6.07, 6.45) is 5.04. The van der Waals surface area contributed by atoms with Crippen molar-refractivity contribution in [1.29, 1.82) is 0 Å². The third kappa shape index (κ3) is 3.57. The second-order valence-corrected chi connectivity index (χ2v) is 6.87. The zero-order valence-electron chi connectivity index (χ0n) is 16.0. The summed E-state index contributed by atoms with van der Waals surface area (Å²) in [4.78, 5) is 25.5. The van der Waals surface area contributed by atoms with Crippen LogP contribution in [0.25, 0.3) is 11.1 Å². The van der Waals surface area contributed by atoms with E-state index in [1.807, 2.05) is 12.1 Å². The van der Waals surface area contributed by atoms with Crippen molar-refractivity contribution in [3.63, 3.8) is 0 Å². The van der Waals surface area contributed by atoms with E-state index in [4.69, 9.17) is 13.7 Å². The summed E-state index contributed by atoms with van der Waals surface area (Å²) in [5, 5.41) is 4.38. The van der Waals surface area contributed by atoms with Crippen LogP contribution in [0.1, 0.15) is 36.0 Å². The fourth-order valence-corrected chi connectivity index (χ4v) is 3.58. The predicted molar refractivity (Wildman–Crippen MR) is 101 cm³/mol. The number of carbonyl (C=O) groups excluding carboxylic acids is 1. The molecule has 0 saturated carbocycles. The van der Waals surface area contributed by atoms with E-state index in [-0.39, 0.29) is 24.1 Å². The van der Waals surface area contributed by atoms with Crippen molar-refractivity contribution in [2.24, 2.45) is 0 Å². The average molecular weight is 385 g/mol. The van der Waals surface area contributed by atoms with E-state index in [1.54, 1.807) is 13.2 Å². The molecule has 0 aliphatic carbocycles. The maximum atomic E-state index is 12.4. The summed E-state index contributed by atoms with van der Waals surface area (Å²) in [6, 6.07) is 4.03. The summed E-state index contributed by atoms with van der Waals surface area (Å²) >= 11 is 0. The van der Waals surface area contributed by atoms with Gasteiger partial charge in [0.15, 0.2) is 0 Å². The lowest BCUT2D eigenvalue weighted by molar-refractivity contribution is 0.0517. The maximum Gasteiger partial charge on any atom is 0.361 e. The minimum Gasteiger partial charge on any atom is -0.467 e. The van der Waals surface area contributed by atoms with Gasteiger partial charge in [-0.25, -0.2) is 9.78 Å². The molecule has 1 saturated heterocycles. The molecule has 0 amide bonds. The molecule has 0 radical (unpaired) electrons. The molecule has 148 valence electrons. The van der Waals surface area contributed by atoms with Crippen molar-refractivity contribution in [3.8, 4) is 0 Å². The monoisotopic (exact) mass is 385 g/mol. The van der Waals surface area contributed by atoms with Gasteiger partial charge in [0.1, 0.15) is 23.3 Å². The highest BCUT2D eigenvalue weighted by atomic mass is 16.5. The van der Waals surface area contributed by atoms with E-state index in [0.717, 1.165) is 31.7 Å². The van der Waals surface area contributed by atoms with Gasteiger partial charge in [-0.2, -0.15) is 4.98 Å². The molecule has 0 aromatic carbocycles. The van der Waals surface area contributed by atoms with Gasteiger partial charge in [0, 0.05) is 6.04 Å². The van der Waals surface area contributed by atoms with E-state index in [0.29, 0.717) is 17.7 Å². The molecule has 9 nitrogen and oxygen atoms in total. The number of hydrogen-bond acceptors (Lipinski definition) is 9. The molecule has 1 aliphatic rings. The first-order chi connectivity index (χ1) is 13.7. The van der Waals surface area contributed by atoms with Gasteiger partial charge in [-0.3, -0.25) is 0 Å². The van der Waals surface area contributed by atoms with E-state index >= 15 is 0 Å². The highest BCUT2D eigenvalue weighted by molar-refractivity contribution is 6.04. The molecule has 9 heteroatoms. The molecule has 4 heterocycles. The normalized spacial score (nSPS) is 15.8. The summed E-state index contributed by atoms with van der Waals surface area (Å²) in [7, 11) is 2.12. The van der Waals surface area contributed by atoms with E-state index in [9.17, 15) is 4.79 Å². The number of likely N-dealkylation sites (tertiary alicyclic amines) is 1. The van der Waals surface area contributed by atoms with Gasteiger partial charge in [0.2, 0.25) is 5.69 Å². The van der Waals surface area contributed by atoms with E-state index < -0.39 is 5.97 Å². The lowest BCUT2D eigenvalue weighted by atomic mass is 10.0. The first-order valence-electron chi connectivity index (χ1n) is 9.42. The Bertz CT molecular complexity index is 931. The molecule has 1 fully saturated rings. The number of furan rings is 1. The third-order valence-electron chi connectivity index (χ3n) is 5.03. The van der Waals surface area contributed by atoms with Crippen LogP contribution in [0.15, 0.2) is 33.7 Å². The Hall–Kier alpha value is -2.94. The number of fused-ring (bicyclic) bond motifs is 1. The Morgan fingerprint density at radius 2 is 2.18 bits per heavy atom. The van der Waals surface area contributed by atoms with Crippen molar-refractivity contribution >= 4 is 22.9 Å². The van der Waals surface area contributed by atoms with E-state index in [2.05, 4.69) is 32.0 Å². The van der Waals surface area contributed by atoms with Gasteiger partial charge in [-0.05, 0) is 52.0 Å². The minimum atomic E-state index is -0.543. The largest absolute Gasteiger partial charge is 0.467 e. The van der Waals surface area contributed by atoms with Gasteiger partial charge in [0.05, 0.1) is 19.4 Å². The first-order valence-corrected chi connectivity index (χ1v) is 9.42. The Kier molecular flexibility index (Phi) is 5.25. The molecule has 1 aliphatic heterocycles. The molecule has 3 aromatic heterocycles. The fourth-order valence-electron chi connectivity index (χ4n) is 3.58. The molecule has 0 N–H and O–H groups in total. The van der Waals surface area contributed by atoms with Crippen LogP contribution < -0.4 is 4.90 Å². The number of hydrogen-bond donors (Lipinski definition) is 0. The SMILES string of the molecule is CCOC(=O)c1noc2ncnc(N(Cc3ccco3)C3CCN(C)CC3)c12. The Morgan fingerprint density at radius 3 is 2.89 bits per heavy atom. The van der Waals surface area contributed by atoms with Crippen molar-refractivity contribution in [2.45, 2.75) is 32.4 Å². The van der Waals surface area contributed by atoms with Crippen LogP contribution in [0.4, 0.5) is 5.82 Å². The fraction of sp³-hybridized carbons (Fsp3) is 0.474. The van der Waals surface area contributed by atoms with Gasteiger partial charge >= 0.3 is 5.97 Å². The van der Waals surface area contributed by atoms with Crippen LogP contribution in [-0.4, -0.2) is 58.8 Å². The third-order valence-corrected chi connectivity index (χ3v) is 5.03. The first kappa shape index (κ1) is 18.4. The molecule has 28 heavy (non-hydrogen) atoms. The summed E-state index contributed by atoms with van der Waals surface area (Å²) < 4.78 is 16.0. The summed E-state index contributed by atoms with van der Waals surface area (Å²) in [5.41, 5.74) is 0.371. The Balaban J connectivity index is 1.77. The summed E-state index contributed by atoms with van der Waals surface area (Å²) in [5.74, 6) is 0.888.